The number of aromatic nitrogens is 1. The first kappa shape index (κ1) is 22.7. The summed E-state index contributed by atoms with van der Waals surface area (Å²) in [4.78, 5) is 30.4. The number of fused-ring (bicyclic) bond motifs is 2. The van der Waals surface area contributed by atoms with Crippen LogP contribution in [0.5, 0.6) is 0 Å². The summed E-state index contributed by atoms with van der Waals surface area (Å²) in [6.07, 6.45) is 5.75. The van der Waals surface area contributed by atoms with Crippen molar-refractivity contribution in [3.63, 3.8) is 0 Å². The van der Waals surface area contributed by atoms with Crippen molar-refractivity contribution < 1.29 is 9.59 Å². The maximum Gasteiger partial charge on any atom is 0.241 e. The molecule has 1 heterocycles. The molecule has 0 spiro atoms. The molecule has 1 aromatic heterocycles. The Hall–Kier alpha value is -1.37. The van der Waals surface area contributed by atoms with E-state index in [1.165, 1.54) is 0 Å². The Morgan fingerprint density at radius 3 is 2.62 bits per heavy atom. The number of pyridine rings is 1. The summed E-state index contributed by atoms with van der Waals surface area (Å²) in [6, 6.07) is 5.70. The van der Waals surface area contributed by atoms with E-state index in [0.29, 0.717) is 24.8 Å². The van der Waals surface area contributed by atoms with E-state index < -0.39 is 0 Å². The molecule has 146 valence electrons. The lowest BCUT2D eigenvalue weighted by Crippen LogP contribution is -2.47. The van der Waals surface area contributed by atoms with E-state index in [4.69, 9.17) is 5.73 Å². The number of amides is 2. The van der Waals surface area contributed by atoms with Gasteiger partial charge in [-0.1, -0.05) is 6.07 Å². The van der Waals surface area contributed by atoms with E-state index in [2.05, 4.69) is 10.3 Å². The molecule has 0 aliphatic heterocycles. The van der Waals surface area contributed by atoms with Crippen molar-refractivity contribution in [3.05, 3.63) is 30.1 Å². The summed E-state index contributed by atoms with van der Waals surface area (Å²) in [5, 5.41) is 2.79. The van der Waals surface area contributed by atoms with Gasteiger partial charge in [0.05, 0.1) is 12.5 Å². The predicted octanol–water partition coefficient (Wildman–Crippen LogP) is 1.42. The second-order valence-corrected chi connectivity index (χ2v) is 7.04. The molecule has 3 rings (SSSR count). The van der Waals surface area contributed by atoms with Gasteiger partial charge in [-0.3, -0.25) is 14.6 Å². The van der Waals surface area contributed by atoms with Gasteiger partial charge >= 0.3 is 0 Å². The first-order valence-electron chi connectivity index (χ1n) is 8.73. The molecule has 2 saturated carbocycles. The highest BCUT2D eigenvalue weighted by Gasteiger charge is 2.49. The van der Waals surface area contributed by atoms with Gasteiger partial charge in [0, 0.05) is 37.9 Å². The third kappa shape index (κ3) is 5.09. The molecular formula is C18H28Cl2N4O2. The molecule has 26 heavy (non-hydrogen) atoms. The molecule has 6 nitrogen and oxygen atoms in total. The summed E-state index contributed by atoms with van der Waals surface area (Å²) >= 11 is 0. The minimum atomic E-state index is -0.115. The van der Waals surface area contributed by atoms with Gasteiger partial charge in [0.2, 0.25) is 11.8 Å². The lowest BCUT2D eigenvalue weighted by atomic mass is 9.84. The van der Waals surface area contributed by atoms with E-state index >= 15 is 0 Å². The molecule has 4 unspecified atom stereocenters. The summed E-state index contributed by atoms with van der Waals surface area (Å²) in [5.41, 5.74) is 7.13. The van der Waals surface area contributed by atoms with Gasteiger partial charge in [-0.2, -0.15) is 0 Å². The van der Waals surface area contributed by atoms with Crippen LogP contribution in [0.15, 0.2) is 24.4 Å². The van der Waals surface area contributed by atoms with E-state index in [9.17, 15) is 9.59 Å². The first-order chi connectivity index (χ1) is 11.6. The lowest BCUT2D eigenvalue weighted by Gasteiger charge is -2.27. The second kappa shape index (κ2) is 10.1. The molecule has 0 saturated heterocycles. The summed E-state index contributed by atoms with van der Waals surface area (Å²) < 4.78 is 0. The van der Waals surface area contributed by atoms with E-state index in [-0.39, 0.29) is 55.1 Å². The SMILES string of the molecule is CN(CCc1ccccn1)C(=O)CNC(=O)C1C2CCC(C2)C1N.Cl.Cl. The minimum absolute atomic E-state index is 0. The highest BCUT2D eigenvalue weighted by molar-refractivity contribution is 5.86. The van der Waals surface area contributed by atoms with Crippen LogP contribution in [-0.2, 0) is 16.0 Å². The zero-order chi connectivity index (χ0) is 17.1. The lowest BCUT2D eigenvalue weighted by molar-refractivity contribution is -0.133. The number of nitrogens with one attached hydrogen (secondary N) is 1. The molecule has 2 fully saturated rings. The average Bonchev–Trinajstić information content (AvgIpc) is 3.19. The number of carbonyl (C=O) groups excluding carboxylic acids is 2. The van der Waals surface area contributed by atoms with Crippen LogP contribution in [0.3, 0.4) is 0 Å². The van der Waals surface area contributed by atoms with Crippen LogP contribution in [0, 0.1) is 17.8 Å². The average molecular weight is 403 g/mol. The zero-order valence-electron chi connectivity index (χ0n) is 15.0. The fourth-order valence-electron chi connectivity index (χ4n) is 4.09. The van der Waals surface area contributed by atoms with Gasteiger partial charge in [-0.25, -0.2) is 0 Å². The summed E-state index contributed by atoms with van der Waals surface area (Å²) in [6.45, 7) is 0.623. The van der Waals surface area contributed by atoms with Crippen LogP contribution in [0.2, 0.25) is 0 Å². The number of nitrogens with zero attached hydrogens (tertiary/aromatic N) is 2. The molecule has 2 aliphatic carbocycles. The predicted molar refractivity (Wildman–Crippen MR) is 105 cm³/mol. The van der Waals surface area contributed by atoms with Crippen molar-refractivity contribution in [2.24, 2.45) is 23.5 Å². The van der Waals surface area contributed by atoms with Crippen LogP contribution in [0.4, 0.5) is 0 Å². The number of carbonyl (C=O) groups is 2. The summed E-state index contributed by atoms with van der Waals surface area (Å²) in [5.74, 6) is 0.636. The maximum atomic E-state index is 12.4. The monoisotopic (exact) mass is 402 g/mol. The number of hydrogen-bond acceptors (Lipinski definition) is 4. The van der Waals surface area contributed by atoms with Gasteiger partial charge in [0.15, 0.2) is 0 Å². The highest BCUT2D eigenvalue weighted by atomic mass is 35.5. The molecule has 0 aromatic carbocycles. The smallest absolute Gasteiger partial charge is 0.241 e. The Balaban J connectivity index is 0.00000169. The van der Waals surface area contributed by atoms with Crippen molar-refractivity contribution in [2.75, 3.05) is 20.1 Å². The molecule has 8 heteroatoms. The van der Waals surface area contributed by atoms with Crippen LogP contribution in [0.25, 0.3) is 0 Å². The van der Waals surface area contributed by atoms with Crippen LogP contribution in [0.1, 0.15) is 25.0 Å². The number of nitrogens with two attached hydrogens (primary N) is 1. The van der Waals surface area contributed by atoms with Crippen LogP contribution in [-0.4, -0.2) is 47.9 Å². The molecular weight excluding hydrogens is 375 g/mol. The second-order valence-electron chi connectivity index (χ2n) is 7.04. The third-order valence-corrected chi connectivity index (χ3v) is 5.55. The molecule has 2 amide bonds. The normalized spacial score (nSPS) is 25.8. The van der Waals surface area contributed by atoms with Gasteiger partial charge in [0.1, 0.15) is 0 Å². The Kier molecular flexibility index (Phi) is 8.80. The fourth-order valence-corrected chi connectivity index (χ4v) is 4.09. The molecule has 2 aliphatic rings. The number of hydrogen-bond donors (Lipinski definition) is 2. The Bertz CT molecular complexity index is 600. The van der Waals surface area contributed by atoms with Crippen molar-refractivity contribution in [3.8, 4) is 0 Å². The van der Waals surface area contributed by atoms with Gasteiger partial charge in [0.25, 0.3) is 0 Å². The van der Waals surface area contributed by atoms with Crippen LogP contribution < -0.4 is 11.1 Å². The Labute approximate surface area is 167 Å². The molecule has 0 radical (unpaired) electrons. The molecule has 4 atom stereocenters. The zero-order valence-corrected chi connectivity index (χ0v) is 16.6. The minimum Gasteiger partial charge on any atom is -0.347 e. The molecule has 2 bridgehead atoms. The van der Waals surface area contributed by atoms with Crippen molar-refractivity contribution in [1.29, 1.82) is 0 Å². The van der Waals surface area contributed by atoms with E-state index in [1.54, 1.807) is 18.1 Å². The largest absolute Gasteiger partial charge is 0.347 e. The van der Waals surface area contributed by atoms with Crippen molar-refractivity contribution >= 4 is 36.6 Å². The summed E-state index contributed by atoms with van der Waals surface area (Å²) in [7, 11) is 1.75. The Morgan fingerprint density at radius 2 is 2.00 bits per heavy atom. The number of likely N-dealkylation sites (N-methyl/N-ethyl adjacent to an activating group) is 1. The quantitative estimate of drug-likeness (QED) is 0.752. The van der Waals surface area contributed by atoms with Crippen LogP contribution >= 0.6 is 24.8 Å². The topological polar surface area (TPSA) is 88.3 Å². The fraction of sp³-hybridized carbons (Fsp3) is 0.611. The number of halogens is 2. The van der Waals surface area contributed by atoms with Crippen molar-refractivity contribution in [1.82, 2.24) is 15.2 Å². The first-order valence-corrected chi connectivity index (χ1v) is 8.73. The Morgan fingerprint density at radius 1 is 1.27 bits per heavy atom. The van der Waals surface area contributed by atoms with E-state index in [0.717, 1.165) is 25.0 Å². The van der Waals surface area contributed by atoms with Gasteiger partial charge in [-0.05, 0) is 43.2 Å². The number of rotatable bonds is 6. The molecule has 3 N–H and O–H groups in total. The van der Waals surface area contributed by atoms with Gasteiger partial charge in [-0.15, -0.1) is 24.8 Å². The molecule has 1 aromatic rings. The van der Waals surface area contributed by atoms with Gasteiger partial charge < -0.3 is 16.0 Å². The van der Waals surface area contributed by atoms with E-state index in [1.807, 2.05) is 18.2 Å². The highest BCUT2D eigenvalue weighted by Crippen LogP contribution is 2.47. The standard InChI is InChI=1S/C18H26N4O2.2ClH/c1-22(9-7-14-4-2-3-8-20-14)15(23)11-21-18(24)16-12-5-6-13(10-12)17(16)19;;/h2-4,8,12-13,16-17H,5-7,9-11,19H2,1H3,(H,21,24);2*1H. The van der Waals surface area contributed by atoms with Crippen molar-refractivity contribution in [2.45, 2.75) is 31.7 Å². The maximum absolute atomic E-state index is 12.4. The third-order valence-electron chi connectivity index (χ3n) is 5.55.